The van der Waals surface area contributed by atoms with Gasteiger partial charge in [-0.15, -0.1) is 0 Å². The molecule has 0 radical (unpaired) electrons. The second kappa shape index (κ2) is 4.97. The highest BCUT2D eigenvalue weighted by Gasteiger charge is 2.42. The highest BCUT2D eigenvalue weighted by Crippen LogP contribution is 2.36. The molecular weight excluding hydrogens is 212 g/mol. The van der Waals surface area contributed by atoms with Crippen LogP contribution in [-0.4, -0.2) is 24.5 Å². The summed E-state index contributed by atoms with van der Waals surface area (Å²) < 4.78 is 0. The van der Waals surface area contributed by atoms with Crippen molar-refractivity contribution in [3.05, 3.63) is 0 Å². The zero-order valence-corrected chi connectivity index (χ0v) is 11.3. The predicted octanol–water partition coefficient (Wildman–Crippen LogP) is 2.22. The van der Waals surface area contributed by atoms with Crippen LogP contribution < -0.4 is 10.6 Å². The number of piperidine rings is 1. The lowest BCUT2D eigenvalue weighted by atomic mass is 9.73. The van der Waals surface area contributed by atoms with Crippen LogP contribution in [0.5, 0.6) is 0 Å². The molecule has 1 unspecified atom stereocenters. The Hall–Kier alpha value is -0.570. The van der Waals surface area contributed by atoms with Crippen LogP contribution in [0, 0.1) is 5.41 Å². The molecule has 2 fully saturated rings. The van der Waals surface area contributed by atoms with Crippen molar-refractivity contribution in [1.82, 2.24) is 10.6 Å². The largest absolute Gasteiger partial charge is 0.350 e. The summed E-state index contributed by atoms with van der Waals surface area (Å²) in [7, 11) is 0. The Morgan fingerprint density at radius 3 is 2.53 bits per heavy atom. The third-order valence-electron chi connectivity index (χ3n) is 4.55. The Labute approximate surface area is 105 Å². The lowest BCUT2D eigenvalue weighted by Crippen LogP contribution is -2.58. The monoisotopic (exact) mass is 238 g/mol. The summed E-state index contributed by atoms with van der Waals surface area (Å²) in [5.74, 6) is 0.300. The first-order valence-corrected chi connectivity index (χ1v) is 7.14. The molecule has 0 aromatic heterocycles. The van der Waals surface area contributed by atoms with Crippen LogP contribution in [0.25, 0.3) is 0 Å². The van der Waals surface area contributed by atoms with Gasteiger partial charge in [-0.25, -0.2) is 0 Å². The van der Waals surface area contributed by atoms with Gasteiger partial charge in [0.15, 0.2) is 0 Å². The van der Waals surface area contributed by atoms with Crippen molar-refractivity contribution in [3.8, 4) is 0 Å². The number of nitrogens with one attached hydrogen (secondary N) is 2. The van der Waals surface area contributed by atoms with Crippen LogP contribution in [0.2, 0.25) is 0 Å². The highest BCUT2D eigenvalue weighted by atomic mass is 16.2. The van der Waals surface area contributed by atoms with Crippen LogP contribution in [0.3, 0.4) is 0 Å². The molecule has 0 spiro atoms. The standard InChI is InChI=1S/C14H26N2O/c1-3-6-14(9-5-10-15-11-14)12(17)16-13(2)7-4-8-13/h15H,3-11H2,1-2H3,(H,16,17). The summed E-state index contributed by atoms with van der Waals surface area (Å²) in [6, 6.07) is 0. The van der Waals surface area contributed by atoms with E-state index in [1.807, 2.05) is 0 Å². The Morgan fingerprint density at radius 1 is 1.29 bits per heavy atom. The SMILES string of the molecule is CCCC1(C(=O)NC2(C)CCC2)CCCNC1. The number of hydrogen-bond donors (Lipinski definition) is 2. The minimum Gasteiger partial charge on any atom is -0.350 e. The quantitative estimate of drug-likeness (QED) is 0.788. The van der Waals surface area contributed by atoms with E-state index in [2.05, 4.69) is 24.5 Å². The molecule has 1 amide bonds. The maximum atomic E-state index is 12.6. The van der Waals surface area contributed by atoms with Gasteiger partial charge in [-0.2, -0.15) is 0 Å². The molecule has 17 heavy (non-hydrogen) atoms. The van der Waals surface area contributed by atoms with Crippen molar-refractivity contribution in [2.75, 3.05) is 13.1 Å². The summed E-state index contributed by atoms with van der Waals surface area (Å²) in [4.78, 5) is 12.6. The van der Waals surface area contributed by atoms with E-state index in [0.717, 1.165) is 51.6 Å². The number of amides is 1. The van der Waals surface area contributed by atoms with Gasteiger partial charge in [0.1, 0.15) is 0 Å². The summed E-state index contributed by atoms with van der Waals surface area (Å²) in [6.45, 7) is 6.29. The number of carbonyl (C=O) groups is 1. The Balaban J connectivity index is 2.01. The number of carbonyl (C=O) groups excluding carboxylic acids is 1. The van der Waals surface area contributed by atoms with Gasteiger partial charge in [0.25, 0.3) is 0 Å². The Kier molecular flexibility index (Phi) is 3.76. The van der Waals surface area contributed by atoms with Crippen LogP contribution in [0.15, 0.2) is 0 Å². The van der Waals surface area contributed by atoms with Gasteiger partial charge < -0.3 is 10.6 Å². The third-order valence-corrected chi connectivity index (χ3v) is 4.55. The van der Waals surface area contributed by atoms with E-state index >= 15 is 0 Å². The lowest BCUT2D eigenvalue weighted by molar-refractivity contribution is -0.135. The molecule has 2 N–H and O–H groups in total. The van der Waals surface area contributed by atoms with Gasteiger partial charge in [0.2, 0.25) is 5.91 Å². The number of hydrogen-bond acceptors (Lipinski definition) is 2. The Bertz CT molecular complexity index is 272. The second-order valence-corrected chi connectivity index (χ2v) is 6.18. The summed E-state index contributed by atoms with van der Waals surface area (Å²) >= 11 is 0. The van der Waals surface area contributed by atoms with Crippen LogP contribution in [-0.2, 0) is 4.79 Å². The summed E-state index contributed by atoms with van der Waals surface area (Å²) in [5.41, 5.74) is -0.0408. The van der Waals surface area contributed by atoms with Gasteiger partial charge in [-0.1, -0.05) is 13.3 Å². The van der Waals surface area contributed by atoms with E-state index in [4.69, 9.17) is 0 Å². The molecule has 1 heterocycles. The van der Waals surface area contributed by atoms with E-state index < -0.39 is 0 Å². The second-order valence-electron chi connectivity index (χ2n) is 6.18. The molecule has 3 heteroatoms. The average molecular weight is 238 g/mol. The van der Waals surface area contributed by atoms with Gasteiger partial charge in [-0.3, -0.25) is 4.79 Å². The molecule has 0 aromatic carbocycles. The van der Waals surface area contributed by atoms with Gasteiger partial charge in [0, 0.05) is 12.1 Å². The number of rotatable bonds is 4. The highest BCUT2D eigenvalue weighted by molar-refractivity contribution is 5.83. The van der Waals surface area contributed by atoms with Crippen molar-refractivity contribution in [2.45, 2.75) is 64.3 Å². The van der Waals surface area contributed by atoms with E-state index in [9.17, 15) is 4.79 Å². The topological polar surface area (TPSA) is 41.1 Å². The van der Waals surface area contributed by atoms with Crippen molar-refractivity contribution >= 4 is 5.91 Å². The van der Waals surface area contributed by atoms with Gasteiger partial charge >= 0.3 is 0 Å². The smallest absolute Gasteiger partial charge is 0.227 e. The molecule has 1 atom stereocenters. The fraction of sp³-hybridized carbons (Fsp3) is 0.929. The Morgan fingerprint density at radius 2 is 2.06 bits per heavy atom. The van der Waals surface area contributed by atoms with Gasteiger partial charge in [-0.05, 0) is 52.0 Å². The molecule has 2 aliphatic rings. The molecule has 1 aliphatic carbocycles. The zero-order valence-electron chi connectivity index (χ0n) is 11.3. The molecule has 0 aromatic rings. The summed E-state index contributed by atoms with van der Waals surface area (Å²) in [6.07, 6.45) is 7.84. The zero-order chi connectivity index (χ0) is 12.4. The molecule has 1 saturated carbocycles. The average Bonchev–Trinajstić information content (AvgIpc) is 2.28. The van der Waals surface area contributed by atoms with Crippen molar-refractivity contribution in [1.29, 1.82) is 0 Å². The van der Waals surface area contributed by atoms with E-state index in [-0.39, 0.29) is 11.0 Å². The minimum absolute atomic E-state index is 0.0925. The first-order valence-electron chi connectivity index (χ1n) is 7.14. The normalized spacial score (nSPS) is 31.6. The van der Waals surface area contributed by atoms with Crippen molar-refractivity contribution in [2.24, 2.45) is 5.41 Å². The molecule has 3 nitrogen and oxygen atoms in total. The van der Waals surface area contributed by atoms with Crippen molar-refractivity contribution < 1.29 is 4.79 Å². The van der Waals surface area contributed by atoms with Crippen molar-refractivity contribution in [3.63, 3.8) is 0 Å². The van der Waals surface area contributed by atoms with Gasteiger partial charge in [0.05, 0.1) is 5.41 Å². The van der Waals surface area contributed by atoms with Crippen LogP contribution in [0.4, 0.5) is 0 Å². The third kappa shape index (κ3) is 2.65. The molecular formula is C14H26N2O. The molecule has 1 saturated heterocycles. The fourth-order valence-corrected chi connectivity index (χ4v) is 3.21. The predicted molar refractivity (Wildman–Crippen MR) is 69.8 cm³/mol. The van der Waals surface area contributed by atoms with Crippen LogP contribution in [0.1, 0.15) is 58.8 Å². The molecule has 98 valence electrons. The van der Waals surface area contributed by atoms with E-state index in [1.54, 1.807) is 0 Å². The molecule has 0 bridgehead atoms. The fourth-order valence-electron chi connectivity index (χ4n) is 3.21. The molecule has 1 aliphatic heterocycles. The minimum atomic E-state index is -0.133. The first-order chi connectivity index (χ1) is 8.10. The summed E-state index contributed by atoms with van der Waals surface area (Å²) in [5, 5.41) is 6.71. The lowest BCUT2D eigenvalue weighted by Gasteiger charge is -2.44. The maximum Gasteiger partial charge on any atom is 0.227 e. The van der Waals surface area contributed by atoms with E-state index in [1.165, 1.54) is 6.42 Å². The molecule has 2 rings (SSSR count). The first kappa shape index (κ1) is 12.9. The van der Waals surface area contributed by atoms with Crippen LogP contribution >= 0.6 is 0 Å². The maximum absolute atomic E-state index is 12.6. The van der Waals surface area contributed by atoms with E-state index in [0.29, 0.717) is 5.91 Å².